The molecule has 0 saturated heterocycles. The van der Waals surface area contributed by atoms with Gasteiger partial charge in [-0.15, -0.1) is 0 Å². The van der Waals surface area contributed by atoms with Gasteiger partial charge >= 0.3 is 11.8 Å². The van der Waals surface area contributed by atoms with E-state index in [1.807, 2.05) is 19.3 Å². The molecule has 2 aliphatic rings. The molecule has 6 heteroatoms. The number of aromatic nitrogens is 1. The van der Waals surface area contributed by atoms with Crippen molar-refractivity contribution in [1.82, 2.24) is 20.1 Å². The van der Waals surface area contributed by atoms with E-state index in [0.717, 1.165) is 50.9 Å². The van der Waals surface area contributed by atoms with Crippen LogP contribution in [0.1, 0.15) is 55.0 Å². The Morgan fingerprint density at radius 1 is 1.03 bits per heavy atom. The third-order valence-electron chi connectivity index (χ3n) is 6.53. The predicted octanol–water partition coefficient (Wildman–Crippen LogP) is 2.69. The van der Waals surface area contributed by atoms with E-state index in [0.29, 0.717) is 6.54 Å². The molecule has 4 rings (SSSR count). The first-order valence-corrected chi connectivity index (χ1v) is 11.1. The van der Waals surface area contributed by atoms with E-state index in [1.165, 1.54) is 17.5 Å². The smallest absolute Gasteiger partial charge is 0.309 e. The van der Waals surface area contributed by atoms with E-state index in [-0.39, 0.29) is 12.1 Å². The third kappa shape index (κ3) is 4.75. The second-order valence-electron chi connectivity index (χ2n) is 8.57. The fourth-order valence-electron chi connectivity index (χ4n) is 4.79. The first-order valence-electron chi connectivity index (χ1n) is 11.1. The molecule has 6 nitrogen and oxygen atoms in total. The quantitative estimate of drug-likeness (QED) is 0.748. The molecule has 0 bridgehead atoms. The molecule has 2 N–H and O–H groups in total. The summed E-state index contributed by atoms with van der Waals surface area (Å²) >= 11 is 0. The van der Waals surface area contributed by atoms with E-state index in [9.17, 15) is 9.59 Å². The number of nitrogens with one attached hydrogen (secondary N) is 2. The number of carbonyl (C=O) groups is 2. The lowest BCUT2D eigenvalue weighted by Gasteiger charge is -2.36. The van der Waals surface area contributed by atoms with Crippen LogP contribution in [0, 0.1) is 0 Å². The maximum atomic E-state index is 12.5. The van der Waals surface area contributed by atoms with Crippen LogP contribution >= 0.6 is 0 Å². The minimum absolute atomic E-state index is 0.0183. The highest BCUT2D eigenvalue weighted by Gasteiger charge is 2.28. The van der Waals surface area contributed by atoms with Crippen LogP contribution in [0.15, 0.2) is 42.6 Å². The van der Waals surface area contributed by atoms with Crippen molar-refractivity contribution in [2.24, 2.45) is 7.05 Å². The molecule has 1 aromatic heterocycles. The molecular formula is C24H32N4O2. The topological polar surface area (TPSA) is 66.4 Å². The summed E-state index contributed by atoms with van der Waals surface area (Å²) in [6, 6.07) is 12.8. The number of rotatable bonds is 5. The second kappa shape index (κ2) is 9.47. The highest BCUT2D eigenvalue weighted by atomic mass is 16.2. The molecular weight excluding hydrogens is 376 g/mol. The van der Waals surface area contributed by atoms with Crippen LogP contribution in [-0.4, -0.2) is 40.4 Å². The lowest BCUT2D eigenvalue weighted by atomic mass is 9.95. The zero-order valence-electron chi connectivity index (χ0n) is 17.8. The van der Waals surface area contributed by atoms with Gasteiger partial charge in [-0.2, -0.15) is 0 Å². The van der Waals surface area contributed by atoms with E-state index in [1.54, 1.807) is 0 Å². The summed E-state index contributed by atoms with van der Waals surface area (Å²) in [5.74, 6) is -1.03. The van der Waals surface area contributed by atoms with Crippen LogP contribution in [-0.2, 0) is 29.6 Å². The molecule has 1 aliphatic heterocycles. The molecule has 1 aliphatic carbocycles. The van der Waals surface area contributed by atoms with Gasteiger partial charge in [-0.25, -0.2) is 0 Å². The average molecular weight is 409 g/mol. The van der Waals surface area contributed by atoms with Gasteiger partial charge in [0.15, 0.2) is 0 Å². The minimum atomic E-state index is -0.530. The number of hydrogen-bond donors (Lipinski definition) is 2. The van der Waals surface area contributed by atoms with E-state index in [4.69, 9.17) is 0 Å². The van der Waals surface area contributed by atoms with Gasteiger partial charge in [0.2, 0.25) is 0 Å². The van der Waals surface area contributed by atoms with Crippen molar-refractivity contribution in [1.29, 1.82) is 0 Å². The number of aryl methyl sites for hydroxylation is 1. The highest BCUT2D eigenvalue weighted by molar-refractivity contribution is 6.35. The molecule has 0 spiro atoms. The normalized spacial score (nSPS) is 18.4. The van der Waals surface area contributed by atoms with Crippen LogP contribution in [0.25, 0.3) is 0 Å². The van der Waals surface area contributed by atoms with Gasteiger partial charge < -0.3 is 15.2 Å². The summed E-state index contributed by atoms with van der Waals surface area (Å²) in [6.07, 6.45) is 8.43. The van der Waals surface area contributed by atoms with E-state index >= 15 is 0 Å². The molecule has 0 radical (unpaired) electrons. The molecule has 1 fully saturated rings. The van der Waals surface area contributed by atoms with Crippen molar-refractivity contribution >= 4 is 11.8 Å². The fourth-order valence-corrected chi connectivity index (χ4v) is 4.79. The summed E-state index contributed by atoms with van der Waals surface area (Å²) in [6.45, 7) is 2.18. The number of fused-ring (bicyclic) bond motifs is 1. The molecule has 160 valence electrons. The minimum Gasteiger partial charge on any atom is -0.353 e. The Hall–Kier alpha value is -2.60. The first-order chi connectivity index (χ1) is 14.6. The van der Waals surface area contributed by atoms with E-state index in [2.05, 4.69) is 50.4 Å². The lowest BCUT2D eigenvalue weighted by Crippen LogP contribution is -2.48. The van der Waals surface area contributed by atoms with Gasteiger partial charge in [-0.05, 0) is 42.5 Å². The van der Waals surface area contributed by atoms with Crippen LogP contribution in [0.5, 0.6) is 0 Å². The first kappa shape index (κ1) is 20.7. The van der Waals surface area contributed by atoms with Crippen molar-refractivity contribution in [2.75, 3.05) is 13.1 Å². The molecule has 2 heterocycles. The Labute approximate surface area is 178 Å². The Morgan fingerprint density at radius 2 is 1.80 bits per heavy atom. The van der Waals surface area contributed by atoms with Gasteiger partial charge in [0.05, 0.1) is 6.04 Å². The van der Waals surface area contributed by atoms with Crippen molar-refractivity contribution in [2.45, 2.75) is 57.2 Å². The van der Waals surface area contributed by atoms with Crippen LogP contribution in [0.2, 0.25) is 0 Å². The largest absolute Gasteiger partial charge is 0.353 e. The maximum absolute atomic E-state index is 12.5. The van der Waals surface area contributed by atoms with Crippen molar-refractivity contribution in [3.8, 4) is 0 Å². The van der Waals surface area contributed by atoms with Crippen molar-refractivity contribution < 1.29 is 9.59 Å². The standard InChI is InChI=1S/C24H32N4O2/c1-27-14-7-12-21(27)22(28-15-13-18-8-5-6-9-19(18)17-28)16-25-23(29)24(30)26-20-10-3-2-4-11-20/h5-9,12,14,20,22H,2-4,10-11,13,15-17H2,1H3,(H,25,29)(H,26,30)/t22-/m1/s1. The third-order valence-corrected chi connectivity index (χ3v) is 6.53. The van der Waals surface area contributed by atoms with Crippen LogP contribution in [0.3, 0.4) is 0 Å². The molecule has 1 saturated carbocycles. The monoisotopic (exact) mass is 408 g/mol. The van der Waals surface area contributed by atoms with Crippen LogP contribution in [0.4, 0.5) is 0 Å². The molecule has 0 unspecified atom stereocenters. The summed E-state index contributed by atoms with van der Waals surface area (Å²) in [5.41, 5.74) is 3.88. The molecule has 1 atom stereocenters. The number of amides is 2. The molecule has 1 aromatic carbocycles. The molecule has 2 aromatic rings. The average Bonchev–Trinajstić information content (AvgIpc) is 3.20. The Balaban J connectivity index is 1.42. The fraction of sp³-hybridized carbons (Fsp3) is 0.500. The second-order valence-corrected chi connectivity index (χ2v) is 8.57. The SMILES string of the molecule is Cn1cccc1[C@@H](CNC(=O)C(=O)NC1CCCCC1)N1CCc2ccccc2C1. The summed E-state index contributed by atoms with van der Waals surface area (Å²) in [4.78, 5) is 27.3. The zero-order valence-corrected chi connectivity index (χ0v) is 17.8. The van der Waals surface area contributed by atoms with E-state index < -0.39 is 11.8 Å². The van der Waals surface area contributed by atoms with Gasteiger partial charge in [-0.1, -0.05) is 43.5 Å². The summed E-state index contributed by atoms with van der Waals surface area (Å²) in [7, 11) is 2.03. The highest BCUT2D eigenvalue weighted by Crippen LogP contribution is 2.27. The van der Waals surface area contributed by atoms with Gasteiger partial charge in [0, 0.05) is 44.6 Å². The number of hydrogen-bond acceptors (Lipinski definition) is 3. The van der Waals surface area contributed by atoms with Crippen LogP contribution < -0.4 is 10.6 Å². The zero-order chi connectivity index (χ0) is 20.9. The van der Waals surface area contributed by atoms with Gasteiger partial charge in [0.25, 0.3) is 0 Å². The Morgan fingerprint density at radius 3 is 2.53 bits per heavy atom. The number of nitrogens with zero attached hydrogens (tertiary/aromatic N) is 2. The van der Waals surface area contributed by atoms with Gasteiger partial charge in [0.1, 0.15) is 0 Å². The maximum Gasteiger partial charge on any atom is 0.309 e. The van der Waals surface area contributed by atoms with Crippen molar-refractivity contribution in [3.63, 3.8) is 0 Å². The number of carbonyl (C=O) groups excluding carboxylic acids is 2. The van der Waals surface area contributed by atoms with Crippen molar-refractivity contribution in [3.05, 3.63) is 59.4 Å². The Kier molecular flexibility index (Phi) is 6.53. The molecule has 30 heavy (non-hydrogen) atoms. The predicted molar refractivity (Wildman–Crippen MR) is 117 cm³/mol. The lowest BCUT2D eigenvalue weighted by molar-refractivity contribution is -0.139. The molecule has 2 amide bonds. The Bertz CT molecular complexity index is 885. The summed E-state index contributed by atoms with van der Waals surface area (Å²) in [5, 5.41) is 5.81. The summed E-state index contributed by atoms with van der Waals surface area (Å²) < 4.78 is 2.10. The number of benzene rings is 1. The van der Waals surface area contributed by atoms with Gasteiger partial charge in [-0.3, -0.25) is 14.5 Å².